The fourth-order valence-electron chi connectivity index (χ4n) is 1.03. The van der Waals surface area contributed by atoms with Crippen LogP contribution in [0, 0.1) is 0 Å². The minimum absolute atomic E-state index is 0.0224. The van der Waals surface area contributed by atoms with Crippen LogP contribution in [-0.2, 0) is 14.8 Å². The summed E-state index contributed by atoms with van der Waals surface area (Å²) in [6.07, 6.45) is 0. The van der Waals surface area contributed by atoms with E-state index < -0.39 is 16.0 Å². The number of esters is 1. The second-order valence-electron chi connectivity index (χ2n) is 3.52. The molecule has 0 radical (unpaired) electrons. The summed E-state index contributed by atoms with van der Waals surface area (Å²) in [5, 5.41) is 0. The highest BCUT2D eigenvalue weighted by Gasteiger charge is 2.23. The van der Waals surface area contributed by atoms with Gasteiger partial charge in [-0.3, -0.25) is 0 Å². The quantitative estimate of drug-likeness (QED) is 0.650. The number of carbonyl (C=O) groups is 1. The number of halogens is 1. The van der Waals surface area contributed by atoms with Crippen molar-refractivity contribution in [2.45, 2.75) is 11.8 Å². The van der Waals surface area contributed by atoms with Gasteiger partial charge in [0.25, 0.3) is 0 Å². The molecule has 1 aromatic heterocycles. The molecule has 100 valence electrons. The van der Waals surface area contributed by atoms with Crippen LogP contribution in [0.2, 0.25) is 0 Å². The van der Waals surface area contributed by atoms with Gasteiger partial charge in [0.2, 0.25) is 10.0 Å². The van der Waals surface area contributed by atoms with Crippen LogP contribution in [0.4, 0.5) is 0 Å². The van der Waals surface area contributed by atoms with Crippen LogP contribution < -0.4 is 4.72 Å². The number of carbonyl (C=O) groups excluding carboxylic acids is 1. The largest absolute Gasteiger partial charge is 0.465 e. The van der Waals surface area contributed by atoms with Crippen LogP contribution in [0.15, 0.2) is 26.9 Å². The lowest BCUT2D eigenvalue weighted by molar-refractivity contribution is 0.0606. The molecule has 5 nitrogen and oxygen atoms in total. The lowest BCUT2D eigenvalue weighted by Gasteiger charge is -2.04. The minimum Gasteiger partial charge on any atom is -0.465 e. The first kappa shape index (κ1) is 15.4. The number of thiophene rings is 1. The molecule has 0 fully saturated rings. The second-order valence-corrected chi connectivity index (χ2v) is 7.63. The fourth-order valence-corrected chi connectivity index (χ4v) is 4.61. The highest BCUT2D eigenvalue weighted by molar-refractivity contribution is 9.11. The molecule has 0 saturated heterocycles. The molecule has 0 aliphatic rings. The predicted octanol–water partition coefficient (Wildman–Crippen LogP) is 2.15. The molecule has 0 amide bonds. The number of rotatable bonds is 5. The van der Waals surface area contributed by atoms with Gasteiger partial charge in [-0.05, 0) is 28.9 Å². The maximum absolute atomic E-state index is 12.0. The lowest BCUT2D eigenvalue weighted by Crippen LogP contribution is -2.25. The molecule has 0 spiro atoms. The van der Waals surface area contributed by atoms with Crippen molar-refractivity contribution in [1.29, 1.82) is 0 Å². The Morgan fingerprint density at radius 2 is 2.22 bits per heavy atom. The fraction of sp³-hybridized carbons (Fsp3) is 0.300. The summed E-state index contributed by atoms with van der Waals surface area (Å²) in [6.45, 7) is 5.48. The first-order valence-electron chi connectivity index (χ1n) is 4.79. The molecule has 0 unspecified atom stereocenters. The molecule has 18 heavy (non-hydrogen) atoms. The van der Waals surface area contributed by atoms with Crippen molar-refractivity contribution in [3.63, 3.8) is 0 Å². The van der Waals surface area contributed by atoms with Gasteiger partial charge in [0.15, 0.2) is 0 Å². The highest BCUT2D eigenvalue weighted by Crippen LogP contribution is 2.31. The predicted molar refractivity (Wildman–Crippen MR) is 73.4 cm³/mol. The summed E-state index contributed by atoms with van der Waals surface area (Å²) in [7, 11) is -2.42. The Morgan fingerprint density at radius 1 is 1.61 bits per heavy atom. The van der Waals surface area contributed by atoms with E-state index in [1.54, 1.807) is 6.92 Å². The Labute approximate surface area is 118 Å². The summed E-state index contributed by atoms with van der Waals surface area (Å²) in [5.74, 6) is -0.568. The van der Waals surface area contributed by atoms with E-state index in [1.165, 1.54) is 13.2 Å². The third-order valence-corrected chi connectivity index (χ3v) is 5.53. The van der Waals surface area contributed by atoms with Crippen LogP contribution in [0.1, 0.15) is 16.6 Å². The maximum atomic E-state index is 12.0. The Bertz CT molecular complexity index is 577. The lowest BCUT2D eigenvalue weighted by atomic mass is 10.4. The normalized spacial score (nSPS) is 11.3. The number of sulfonamides is 1. The zero-order valence-electron chi connectivity index (χ0n) is 9.82. The average Bonchev–Trinajstić information content (AvgIpc) is 2.68. The molecule has 1 heterocycles. The van der Waals surface area contributed by atoms with Gasteiger partial charge in [-0.15, -0.1) is 11.3 Å². The van der Waals surface area contributed by atoms with Gasteiger partial charge in [0, 0.05) is 6.54 Å². The van der Waals surface area contributed by atoms with Gasteiger partial charge in [-0.2, -0.15) is 0 Å². The van der Waals surface area contributed by atoms with E-state index in [2.05, 4.69) is 32.0 Å². The van der Waals surface area contributed by atoms with E-state index in [-0.39, 0.29) is 16.3 Å². The highest BCUT2D eigenvalue weighted by atomic mass is 79.9. The smallest absolute Gasteiger partial charge is 0.348 e. The van der Waals surface area contributed by atoms with E-state index in [0.29, 0.717) is 9.36 Å². The molecule has 8 heteroatoms. The van der Waals surface area contributed by atoms with Crippen molar-refractivity contribution in [3.8, 4) is 0 Å². The average molecular weight is 354 g/mol. The van der Waals surface area contributed by atoms with Crippen molar-refractivity contribution >= 4 is 43.3 Å². The molecule has 0 aliphatic carbocycles. The molecule has 1 rings (SSSR count). The third-order valence-electron chi connectivity index (χ3n) is 1.90. The first-order chi connectivity index (χ1) is 8.27. The Morgan fingerprint density at radius 3 is 2.72 bits per heavy atom. The van der Waals surface area contributed by atoms with Crippen LogP contribution in [0.25, 0.3) is 0 Å². The van der Waals surface area contributed by atoms with Gasteiger partial charge in [0.05, 0.1) is 10.9 Å². The van der Waals surface area contributed by atoms with Crippen LogP contribution in [0.5, 0.6) is 0 Å². The molecule has 0 aromatic carbocycles. The van der Waals surface area contributed by atoms with Gasteiger partial charge < -0.3 is 4.74 Å². The van der Waals surface area contributed by atoms with E-state index >= 15 is 0 Å². The second kappa shape index (κ2) is 5.96. The van der Waals surface area contributed by atoms with Crippen molar-refractivity contribution in [3.05, 3.63) is 26.9 Å². The van der Waals surface area contributed by atoms with E-state index in [1.807, 2.05) is 0 Å². The van der Waals surface area contributed by atoms with E-state index in [4.69, 9.17) is 0 Å². The molecule has 0 saturated carbocycles. The number of ether oxygens (including phenoxy) is 1. The summed E-state index contributed by atoms with van der Waals surface area (Å²) in [6, 6.07) is 1.28. The molecule has 1 N–H and O–H groups in total. The zero-order chi connectivity index (χ0) is 13.9. The van der Waals surface area contributed by atoms with E-state index in [9.17, 15) is 13.2 Å². The van der Waals surface area contributed by atoms with Crippen LogP contribution in [-0.4, -0.2) is 28.0 Å². The summed E-state index contributed by atoms with van der Waals surface area (Å²) >= 11 is 4.14. The molecular weight excluding hydrogens is 342 g/mol. The van der Waals surface area contributed by atoms with Crippen molar-refractivity contribution in [1.82, 2.24) is 4.72 Å². The van der Waals surface area contributed by atoms with Crippen LogP contribution >= 0.6 is 27.3 Å². The third kappa shape index (κ3) is 3.64. The molecule has 0 aliphatic heterocycles. The molecule has 0 bridgehead atoms. The molecule has 1 aromatic rings. The zero-order valence-corrected chi connectivity index (χ0v) is 13.0. The summed E-state index contributed by atoms with van der Waals surface area (Å²) in [5.41, 5.74) is 0.693. The maximum Gasteiger partial charge on any atom is 0.348 e. The van der Waals surface area contributed by atoms with Crippen molar-refractivity contribution in [2.75, 3.05) is 13.7 Å². The first-order valence-corrected chi connectivity index (χ1v) is 7.89. The Balaban J connectivity index is 3.06. The number of nitrogens with one attached hydrogen (secondary N) is 1. The number of methoxy groups -OCH3 is 1. The molecular formula is C10H12BrNO4S2. The Hall–Kier alpha value is -0.700. The van der Waals surface area contributed by atoms with Gasteiger partial charge in [0.1, 0.15) is 9.77 Å². The van der Waals surface area contributed by atoms with Crippen molar-refractivity contribution < 1.29 is 17.9 Å². The van der Waals surface area contributed by atoms with Gasteiger partial charge in [-0.1, -0.05) is 12.2 Å². The summed E-state index contributed by atoms with van der Waals surface area (Å²) < 4.78 is 31.2. The van der Waals surface area contributed by atoms with Gasteiger partial charge in [-0.25, -0.2) is 17.9 Å². The SMILES string of the molecule is C=C(C)CNS(=O)(=O)c1cc(C(=O)OC)sc1Br. The van der Waals surface area contributed by atoms with Crippen molar-refractivity contribution in [2.24, 2.45) is 0 Å². The number of hydrogen-bond acceptors (Lipinski definition) is 5. The topological polar surface area (TPSA) is 72.5 Å². The Kier molecular flexibility index (Phi) is 5.09. The standard InChI is InChI=1S/C10H12BrNO4S2/c1-6(2)5-12-18(14,15)8-4-7(10(13)16-3)17-9(8)11/h4,12H,1,5H2,2-3H3. The summed E-state index contributed by atoms with van der Waals surface area (Å²) in [4.78, 5) is 11.6. The minimum atomic E-state index is -3.66. The number of hydrogen-bond donors (Lipinski definition) is 1. The van der Waals surface area contributed by atoms with Crippen LogP contribution in [0.3, 0.4) is 0 Å². The molecule has 0 atom stereocenters. The van der Waals surface area contributed by atoms with Gasteiger partial charge >= 0.3 is 5.97 Å². The monoisotopic (exact) mass is 353 g/mol. The van der Waals surface area contributed by atoms with E-state index in [0.717, 1.165) is 11.3 Å².